The van der Waals surface area contributed by atoms with Gasteiger partial charge in [-0.05, 0) is 24.3 Å². The number of sulfonamides is 1. The predicted molar refractivity (Wildman–Crippen MR) is 65.4 cm³/mol. The van der Waals surface area contributed by atoms with Crippen molar-refractivity contribution >= 4 is 41.4 Å². The summed E-state index contributed by atoms with van der Waals surface area (Å²) in [5.74, 6) is -0.766. The third-order valence-electron chi connectivity index (χ3n) is 2.43. The molecule has 0 aromatic heterocycles. The van der Waals surface area contributed by atoms with Crippen molar-refractivity contribution in [1.29, 1.82) is 0 Å². The maximum Gasteiger partial charge on any atom is 0.261 e. The third kappa shape index (κ3) is 2.36. The van der Waals surface area contributed by atoms with Gasteiger partial charge in [-0.1, -0.05) is 0 Å². The van der Waals surface area contributed by atoms with Gasteiger partial charge < -0.3 is 0 Å². The molecule has 1 aliphatic rings. The molecule has 6 nitrogen and oxygen atoms in total. The van der Waals surface area contributed by atoms with Gasteiger partial charge in [0.15, 0.2) is 0 Å². The first-order valence-corrected chi connectivity index (χ1v) is 8.74. The van der Waals surface area contributed by atoms with Crippen LogP contribution in [0.25, 0.3) is 0 Å². The van der Waals surface area contributed by atoms with Gasteiger partial charge in [0, 0.05) is 17.1 Å². The van der Waals surface area contributed by atoms with Crippen molar-refractivity contribution in [1.82, 2.24) is 0 Å². The highest BCUT2D eigenvalue weighted by atomic mass is 35.7. The zero-order chi connectivity index (χ0) is 13.6. The van der Waals surface area contributed by atoms with Gasteiger partial charge in [0.25, 0.3) is 9.05 Å². The van der Waals surface area contributed by atoms with Crippen LogP contribution in [-0.2, 0) is 23.9 Å². The average molecular weight is 310 g/mol. The number of amides is 1. The molecule has 18 heavy (non-hydrogen) atoms. The lowest BCUT2D eigenvalue weighted by molar-refractivity contribution is -0.116. The SMILES string of the molecule is O=C1CCS(=O)(=O)N1c1ccc(S(=O)(=O)Cl)cc1. The predicted octanol–water partition coefficient (Wildman–Crippen LogP) is 0.681. The summed E-state index contributed by atoms with van der Waals surface area (Å²) in [6.07, 6.45) is -0.0715. The van der Waals surface area contributed by atoms with Crippen LogP contribution in [0.3, 0.4) is 0 Å². The van der Waals surface area contributed by atoms with Gasteiger partial charge in [-0.25, -0.2) is 21.1 Å². The molecule has 98 valence electrons. The molecule has 1 saturated heterocycles. The lowest BCUT2D eigenvalue weighted by Crippen LogP contribution is -2.29. The molecule has 1 heterocycles. The van der Waals surface area contributed by atoms with Gasteiger partial charge in [0.05, 0.1) is 16.3 Å². The van der Waals surface area contributed by atoms with E-state index in [0.29, 0.717) is 4.31 Å². The number of anilines is 1. The third-order valence-corrected chi connectivity index (χ3v) is 5.49. The van der Waals surface area contributed by atoms with E-state index in [2.05, 4.69) is 0 Å². The molecule has 0 atom stereocenters. The smallest absolute Gasteiger partial charge is 0.261 e. The Morgan fingerprint density at radius 3 is 2.11 bits per heavy atom. The standard InChI is InChI=1S/C9H8ClNO5S2/c10-18(15,16)8-3-1-7(2-4-8)11-9(12)5-6-17(11,13)14/h1-4H,5-6H2. The second-order valence-electron chi connectivity index (χ2n) is 3.66. The molecule has 1 aromatic rings. The summed E-state index contributed by atoms with van der Waals surface area (Å²) in [7, 11) is -2.37. The molecule has 0 spiro atoms. The number of halogens is 1. The summed E-state index contributed by atoms with van der Waals surface area (Å²) < 4.78 is 46.0. The Balaban J connectivity index is 2.45. The average Bonchev–Trinajstić information content (AvgIpc) is 2.52. The zero-order valence-corrected chi connectivity index (χ0v) is 11.3. The van der Waals surface area contributed by atoms with Crippen LogP contribution in [0.5, 0.6) is 0 Å². The Morgan fingerprint density at radius 2 is 1.72 bits per heavy atom. The molecule has 1 fully saturated rings. The maximum absolute atomic E-state index is 11.6. The van der Waals surface area contributed by atoms with Crippen LogP contribution in [0, 0.1) is 0 Å². The zero-order valence-electron chi connectivity index (χ0n) is 8.91. The number of rotatable bonds is 2. The van der Waals surface area contributed by atoms with Crippen molar-refractivity contribution in [2.24, 2.45) is 0 Å². The second kappa shape index (κ2) is 4.22. The van der Waals surface area contributed by atoms with E-state index in [4.69, 9.17) is 10.7 Å². The van der Waals surface area contributed by atoms with E-state index in [1.165, 1.54) is 12.1 Å². The van der Waals surface area contributed by atoms with Crippen molar-refractivity contribution in [3.05, 3.63) is 24.3 Å². The van der Waals surface area contributed by atoms with Crippen LogP contribution in [0.4, 0.5) is 5.69 Å². The summed E-state index contributed by atoms with van der Waals surface area (Å²) in [4.78, 5) is 11.3. The van der Waals surface area contributed by atoms with E-state index in [1.807, 2.05) is 0 Å². The molecule has 0 aliphatic carbocycles. The van der Waals surface area contributed by atoms with Crippen LogP contribution in [0.1, 0.15) is 6.42 Å². The lowest BCUT2D eigenvalue weighted by Gasteiger charge is -2.14. The van der Waals surface area contributed by atoms with Crippen molar-refractivity contribution in [2.75, 3.05) is 10.1 Å². The summed E-state index contributed by atoms with van der Waals surface area (Å²) >= 11 is 0. The second-order valence-corrected chi connectivity index (χ2v) is 8.16. The van der Waals surface area contributed by atoms with Crippen LogP contribution in [0.15, 0.2) is 29.2 Å². The Bertz CT molecular complexity index is 693. The highest BCUT2D eigenvalue weighted by Crippen LogP contribution is 2.26. The minimum atomic E-state index is -3.87. The molecule has 1 aromatic carbocycles. The molecule has 1 aliphatic heterocycles. The van der Waals surface area contributed by atoms with Gasteiger partial charge >= 0.3 is 0 Å². The van der Waals surface area contributed by atoms with Crippen molar-refractivity contribution in [3.63, 3.8) is 0 Å². The van der Waals surface area contributed by atoms with E-state index in [0.717, 1.165) is 12.1 Å². The first-order valence-electron chi connectivity index (χ1n) is 4.82. The fourth-order valence-electron chi connectivity index (χ4n) is 1.61. The molecular weight excluding hydrogens is 302 g/mol. The number of benzene rings is 1. The van der Waals surface area contributed by atoms with Crippen molar-refractivity contribution < 1.29 is 21.6 Å². The number of hydrogen-bond donors (Lipinski definition) is 0. The molecule has 9 heteroatoms. The maximum atomic E-state index is 11.6. The lowest BCUT2D eigenvalue weighted by atomic mass is 10.3. The fraction of sp³-hybridized carbons (Fsp3) is 0.222. The fourth-order valence-corrected chi connectivity index (χ4v) is 3.84. The minimum Gasteiger partial charge on any atom is -0.273 e. The summed E-state index contributed by atoms with van der Waals surface area (Å²) in [5, 5.41) is 0. The van der Waals surface area contributed by atoms with Crippen LogP contribution < -0.4 is 4.31 Å². The van der Waals surface area contributed by atoms with E-state index < -0.39 is 25.0 Å². The van der Waals surface area contributed by atoms with Gasteiger partial charge in [-0.15, -0.1) is 0 Å². The molecule has 1 amide bonds. The summed E-state index contributed by atoms with van der Waals surface area (Å²) in [6.45, 7) is 0. The normalized spacial score (nSPS) is 19.2. The molecule has 0 radical (unpaired) electrons. The van der Waals surface area contributed by atoms with Crippen LogP contribution in [-0.4, -0.2) is 28.5 Å². The van der Waals surface area contributed by atoms with Gasteiger partial charge in [0.1, 0.15) is 0 Å². The van der Waals surface area contributed by atoms with E-state index in [9.17, 15) is 21.6 Å². The Labute approximate surface area is 109 Å². The largest absolute Gasteiger partial charge is 0.273 e. The van der Waals surface area contributed by atoms with Gasteiger partial charge in [-0.3, -0.25) is 4.79 Å². The van der Waals surface area contributed by atoms with Crippen molar-refractivity contribution in [3.8, 4) is 0 Å². The van der Waals surface area contributed by atoms with Gasteiger partial charge in [-0.2, -0.15) is 0 Å². The molecule has 0 saturated carbocycles. The topological polar surface area (TPSA) is 88.6 Å². The van der Waals surface area contributed by atoms with E-state index >= 15 is 0 Å². The number of nitrogens with zero attached hydrogens (tertiary/aromatic N) is 1. The van der Waals surface area contributed by atoms with Crippen LogP contribution >= 0.6 is 10.7 Å². The number of carbonyl (C=O) groups excluding carboxylic acids is 1. The molecular formula is C9H8ClNO5S2. The molecule has 2 rings (SSSR count). The summed E-state index contributed by atoms with van der Waals surface area (Å²) in [5.41, 5.74) is 0.113. The monoisotopic (exact) mass is 309 g/mol. The first-order chi connectivity index (χ1) is 8.22. The highest BCUT2D eigenvalue weighted by molar-refractivity contribution is 8.13. The highest BCUT2D eigenvalue weighted by Gasteiger charge is 2.36. The molecule has 0 bridgehead atoms. The molecule has 0 unspecified atom stereocenters. The van der Waals surface area contributed by atoms with E-state index in [1.54, 1.807) is 0 Å². The van der Waals surface area contributed by atoms with E-state index in [-0.39, 0.29) is 22.8 Å². The van der Waals surface area contributed by atoms with Crippen LogP contribution in [0.2, 0.25) is 0 Å². The van der Waals surface area contributed by atoms with Gasteiger partial charge in [0.2, 0.25) is 15.9 Å². The summed E-state index contributed by atoms with van der Waals surface area (Å²) in [6, 6.07) is 4.77. The Hall–Kier alpha value is -1.12. The quantitative estimate of drug-likeness (QED) is 0.750. The Kier molecular flexibility index (Phi) is 3.12. The van der Waals surface area contributed by atoms with Crippen molar-refractivity contribution in [2.45, 2.75) is 11.3 Å². The Morgan fingerprint density at radius 1 is 1.17 bits per heavy atom. The molecule has 0 N–H and O–H groups in total. The number of hydrogen-bond acceptors (Lipinski definition) is 5. The minimum absolute atomic E-state index is 0.0715. The number of carbonyl (C=O) groups is 1. The first kappa shape index (κ1) is 13.3.